The Morgan fingerprint density at radius 3 is 2.23 bits per heavy atom. The predicted molar refractivity (Wildman–Crippen MR) is 53.0 cm³/mol. The normalized spacial score (nSPS) is 13.0. The van der Waals surface area contributed by atoms with E-state index in [1.54, 1.807) is 13.8 Å². The van der Waals surface area contributed by atoms with Gasteiger partial charge < -0.3 is 10.9 Å². The van der Waals surface area contributed by atoms with Gasteiger partial charge in [-0.25, -0.2) is 0 Å². The van der Waals surface area contributed by atoms with Crippen molar-refractivity contribution in [1.82, 2.24) is 0 Å². The molecule has 0 unspecified atom stereocenters. The minimum Gasteiger partial charge on any atom is -0.411 e. The van der Waals surface area contributed by atoms with Crippen molar-refractivity contribution in [3.63, 3.8) is 0 Å². The molecule has 13 heavy (non-hydrogen) atoms. The van der Waals surface area contributed by atoms with Gasteiger partial charge in [0.15, 0.2) is 0 Å². The molecular weight excluding hydrogens is 164 g/mol. The van der Waals surface area contributed by atoms with Gasteiger partial charge >= 0.3 is 0 Å². The molecule has 3 nitrogen and oxygen atoms in total. The highest BCUT2D eigenvalue weighted by atomic mass is 16.4. The van der Waals surface area contributed by atoms with E-state index in [4.69, 9.17) is 10.9 Å². The number of hydrogen-bond donors (Lipinski definition) is 2. The molecule has 0 heterocycles. The molecule has 1 rings (SSSR count). The van der Waals surface area contributed by atoms with Crippen molar-refractivity contribution in [2.75, 3.05) is 0 Å². The smallest absolute Gasteiger partial charge is 0.106 e. The summed E-state index contributed by atoms with van der Waals surface area (Å²) < 4.78 is 0. The molecular formula is C10H14N2O. The van der Waals surface area contributed by atoms with Gasteiger partial charge in [-0.05, 0) is 13.8 Å². The molecule has 0 radical (unpaired) electrons. The first-order valence-corrected chi connectivity index (χ1v) is 4.12. The molecule has 0 atom stereocenters. The van der Waals surface area contributed by atoms with Crippen LogP contribution in [0.25, 0.3) is 0 Å². The van der Waals surface area contributed by atoms with Gasteiger partial charge in [-0.3, -0.25) is 0 Å². The molecule has 1 aromatic carbocycles. The lowest BCUT2D eigenvalue weighted by Crippen LogP contribution is -2.42. The zero-order valence-corrected chi connectivity index (χ0v) is 7.86. The minimum absolute atomic E-state index is 0.494. The van der Waals surface area contributed by atoms with Crippen LogP contribution >= 0.6 is 0 Å². The monoisotopic (exact) mass is 178 g/mol. The lowest BCUT2D eigenvalue weighted by atomic mass is 9.93. The number of oxime groups is 1. The molecule has 0 bridgehead atoms. The first-order chi connectivity index (χ1) is 6.05. The summed E-state index contributed by atoms with van der Waals surface area (Å²) in [6, 6.07) is 9.40. The van der Waals surface area contributed by atoms with E-state index in [0.717, 1.165) is 5.56 Å². The van der Waals surface area contributed by atoms with Crippen LogP contribution in [0.1, 0.15) is 19.4 Å². The Morgan fingerprint density at radius 1 is 1.31 bits per heavy atom. The van der Waals surface area contributed by atoms with E-state index in [-0.39, 0.29) is 0 Å². The minimum atomic E-state index is -0.629. The van der Waals surface area contributed by atoms with Gasteiger partial charge in [0.1, 0.15) is 5.71 Å². The number of rotatable bonds is 2. The quantitative estimate of drug-likeness (QED) is 0.410. The van der Waals surface area contributed by atoms with E-state index in [1.807, 2.05) is 30.3 Å². The molecule has 0 spiro atoms. The average Bonchev–Trinajstić information content (AvgIpc) is 2.05. The molecule has 0 saturated carbocycles. The molecule has 3 heteroatoms. The molecule has 70 valence electrons. The van der Waals surface area contributed by atoms with Crippen LogP contribution in [0.15, 0.2) is 35.5 Å². The van der Waals surface area contributed by atoms with Crippen LogP contribution in [0.5, 0.6) is 0 Å². The van der Waals surface area contributed by atoms with E-state index < -0.39 is 5.54 Å². The Morgan fingerprint density at radius 2 is 1.85 bits per heavy atom. The van der Waals surface area contributed by atoms with Crippen molar-refractivity contribution in [2.24, 2.45) is 10.9 Å². The predicted octanol–water partition coefficient (Wildman–Crippen LogP) is 1.60. The molecule has 0 aromatic heterocycles. The first kappa shape index (κ1) is 9.74. The van der Waals surface area contributed by atoms with Crippen molar-refractivity contribution >= 4 is 5.71 Å². The van der Waals surface area contributed by atoms with E-state index in [0.29, 0.717) is 5.71 Å². The summed E-state index contributed by atoms with van der Waals surface area (Å²) in [5, 5.41) is 12.0. The van der Waals surface area contributed by atoms with Gasteiger partial charge in [-0.15, -0.1) is 0 Å². The zero-order valence-electron chi connectivity index (χ0n) is 7.86. The maximum atomic E-state index is 8.82. The summed E-state index contributed by atoms with van der Waals surface area (Å²) in [6.07, 6.45) is 0. The average molecular weight is 178 g/mol. The second-order valence-corrected chi connectivity index (χ2v) is 3.54. The van der Waals surface area contributed by atoms with Gasteiger partial charge in [-0.1, -0.05) is 35.5 Å². The van der Waals surface area contributed by atoms with E-state index >= 15 is 0 Å². The zero-order chi connectivity index (χ0) is 9.90. The summed E-state index contributed by atoms with van der Waals surface area (Å²) in [5.41, 5.74) is 6.54. The molecule has 0 fully saturated rings. The molecule has 3 N–H and O–H groups in total. The van der Waals surface area contributed by atoms with E-state index in [1.165, 1.54) is 0 Å². The molecule has 0 aliphatic rings. The van der Waals surface area contributed by atoms with Crippen LogP contribution in [-0.2, 0) is 0 Å². The fourth-order valence-electron chi connectivity index (χ4n) is 1.15. The SMILES string of the molecule is CC(C)(N)C(=NO)c1ccccc1. The first-order valence-electron chi connectivity index (χ1n) is 4.12. The Kier molecular flexibility index (Phi) is 2.68. The third kappa shape index (κ3) is 2.29. The van der Waals surface area contributed by atoms with Crippen molar-refractivity contribution in [1.29, 1.82) is 0 Å². The van der Waals surface area contributed by atoms with Gasteiger partial charge in [0.2, 0.25) is 0 Å². The fourth-order valence-corrected chi connectivity index (χ4v) is 1.15. The highest BCUT2D eigenvalue weighted by Crippen LogP contribution is 2.10. The van der Waals surface area contributed by atoms with Crippen LogP contribution in [0.2, 0.25) is 0 Å². The maximum Gasteiger partial charge on any atom is 0.106 e. The van der Waals surface area contributed by atoms with E-state index in [2.05, 4.69) is 5.16 Å². The largest absolute Gasteiger partial charge is 0.411 e. The summed E-state index contributed by atoms with van der Waals surface area (Å²) in [7, 11) is 0. The van der Waals surface area contributed by atoms with Crippen molar-refractivity contribution < 1.29 is 5.21 Å². The molecule has 1 aromatic rings. The molecule has 0 aliphatic heterocycles. The topological polar surface area (TPSA) is 58.6 Å². The van der Waals surface area contributed by atoms with Crippen molar-refractivity contribution in [2.45, 2.75) is 19.4 Å². The Labute approximate surface area is 77.9 Å². The number of benzene rings is 1. The lowest BCUT2D eigenvalue weighted by Gasteiger charge is -2.19. The Balaban J connectivity index is 3.08. The van der Waals surface area contributed by atoms with Gasteiger partial charge in [0.05, 0.1) is 5.54 Å². The second kappa shape index (κ2) is 3.58. The summed E-state index contributed by atoms with van der Waals surface area (Å²) in [5.74, 6) is 0. The second-order valence-electron chi connectivity index (χ2n) is 3.54. The molecule has 0 amide bonds. The number of nitrogens with zero attached hydrogens (tertiary/aromatic N) is 1. The summed E-state index contributed by atoms with van der Waals surface area (Å²) in [4.78, 5) is 0. The summed E-state index contributed by atoms with van der Waals surface area (Å²) >= 11 is 0. The molecule has 0 aliphatic carbocycles. The fraction of sp³-hybridized carbons (Fsp3) is 0.300. The van der Waals surface area contributed by atoms with Gasteiger partial charge in [-0.2, -0.15) is 0 Å². The molecule has 0 saturated heterocycles. The van der Waals surface area contributed by atoms with E-state index in [9.17, 15) is 0 Å². The van der Waals surface area contributed by atoms with Crippen molar-refractivity contribution in [3.05, 3.63) is 35.9 Å². The summed E-state index contributed by atoms with van der Waals surface area (Å²) in [6.45, 7) is 3.60. The third-order valence-electron chi connectivity index (χ3n) is 1.76. The van der Waals surface area contributed by atoms with Gasteiger partial charge in [0, 0.05) is 5.56 Å². The number of hydrogen-bond acceptors (Lipinski definition) is 3. The standard InChI is InChI=1S/C10H14N2O/c1-10(2,11)9(12-13)8-6-4-3-5-7-8/h3-7,13H,11H2,1-2H3. The van der Waals surface area contributed by atoms with Crippen LogP contribution < -0.4 is 5.73 Å². The highest BCUT2D eigenvalue weighted by Gasteiger charge is 2.21. The van der Waals surface area contributed by atoms with Crippen LogP contribution in [-0.4, -0.2) is 16.5 Å². The van der Waals surface area contributed by atoms with Crippen LogP contribution in [0, 0.1) is 0 Å². The lowest BCUT2D eigenvalue weighted by molar-refractivity contribution is 0.315. The van der Waals surface area contributed by atoms with Crippen LogP contribution in [0.4, 0.5) is 0 Å². The van der Waals surface area contributed by atoms with Gasteiger partial charge in [0.25, 0.3) is 0 Å². The number of nitrogens with two attached hydrogens (primary N) is 1. The Bertz CT molecular complexity index is 298. The third-order valence-corrected chi connectivity index (χ3v) is 1.76. The van der Waals surface area contributed by atoms with Crippen molar-refractivity contribution in [3.8, 4) is 0 Å². The highest BCUT2D eigenvalue weighted by molar-refractivity contribution is 6.06. The maximum absolute atomic E-state index is 8.82. The van der Waals surface area contributed by atoms with Crippen LogP contribution in [0.3, 0.4) is 0 Å². The Hall–Kier alpha value is -1.35.